The van der Waals surface area contributed by atoms with Gasteiger partial charge in [-0.25, -0.2) is 0 Å². The molecule has 0 saturated carbocycles. The zero-order valence-electron chi connectivity index (χ0n) is 9.68. The van der Waals surface area contributed by atoms with Gasteiger partial charge in [0.25, 0.3) is 0 Å². The Bertz CT molecular complexity index is 388. The van der Waals surface area contributed by atoms with E-state index in [4.69, 9.17) is 0 Å². The van der Waals surface area contributed by atoms with E-state index in [9.17, 15) is 18.3 Å². The number of alkyl halides is 3. The quantitative estimate of drug-likeness (QED) is 0.855. The first kappa shape index (κ1) is 13.0. The minimum Gasteiger partial charge on any atom is -0.384 e. The van der Waals surface area contributed by atoms with E-state index in [1.54, 1.807) is 6.92 Å². The van der Waals surface area contributed by atoms with Crippen LogP contribution >= 0.6 is 0 Å². The van der Waals surface area contributed by atoms with Gasteiger partial charge in [-0.15, -0.1) is 0 Å². The van der Waals surface area contributed by atoms with E-state index in [0.29, 0.717) is 0 Å². The van der Waals surface area contributed by atoms with Gasteiger partial charge in [0.1, 0.15) is 16.9 Å². The molecule has 1 N–H and O–H groups in total. The molecule has 0 atom stereocenters. The lowest BCUT2D eigenvalue weighted by atomic mass is 9.98. The third-order valence-corrected chi connectivity index (χ3v) is 2.36. The Hall–Kier alpha value is -1.04. The molecule has 0 aliphatic carbocycles. The maximum atomic E-state index is 12.9. The zero-order chi connectivity index (χ0) is 12.7. The summed E-state index contributed by atoms with van der Waals surface area (Å²) in [5.74, 6) is 0. The van der Waals surface area contributed by atoms with Gasteiger partial charge in [0.05, 0.1) is 5.69 Å². The Kier molecular flexibility index (Phi) is 3.06. The summed E-state index contributed by atoms with van der Waals surface area (Å²) < 4.78 is 39.8. The van der Waals surface area contributed by atoms with Crippen LogP contribution < -0.4 is 0 Å². The fraction of sp³-hybridized carbons (Fsp3) is 0.700. The van der Waals surface area contributed by atoms with Gasteiger partial charge in [-0.05, 0) is 20.3 Å². The van der Waals surface area contributed by atoms with Crippen molar-refractivity contribution in [2.45, 2.75) is 39.0 Å². The topological polar surface area (TPSA) is 38.1 Å². The predicted molar refractivity (Wildman–Crippen MR) is 52.8 cm³/mol. The van der Waals surface area contributed by atoms with Gasteiger partial charge in [-0.2, -0.15) is 18.3 Å². The Morgan fingerprint density at radius 1 is 1.31 bits per heavy atom. The van der Waals surface area contributed by atoms with E-state index in [0.717, 1.165) is 0 Å². The van der Waals surface area contributed by atoms with Crippen LogP contribution in [0.1, 0.15) is 37.7 Å². The summed E-state index contributed by atoms with van der Waals surface area (Å²) in [5.41, 5.74) is -2.65. The molecule has 0 aliphatic rings. The average molecular weight is 236 g/mol. The molecule has 0 aliphatic heterocycles. The molecule has 1 aromatic rings. The van der Waals surface area contributed by atoms with Crippen LogP contribution in [0, 0.1) is 0 Å². The van der Waals surface area contributed by atoms with Crippen LogP contribution in [0.4, 0.5) is 13.2 Å². The first-order valence-electron chi connectivity index (χ1n) is 4.95. The molecule has 0 radical (unpaired) electrons. The van der Waals surface area contributed by atoms with E-state index in [-0.39, 0.29) is 17.8 Å². The van der Waals surface area contributed by atoms with Crippen molar-refractivity contribution < 1.29 is 18.3 Å². The molecule has 0 aromatic carbocycles. The first-order valence-corrected chi connectivity index (χ1v) is 4.95. The number of halogens is 3. The summed E-state index contributed by atoms with van der Waals surface area (Å²) in [6, 6.07) is 0. The highest BCUT2D eigenvalue weighted by molar-refractivity contribution is 5.32. The van der Waals surface area contributed by atoms with Crippen LogP contribution in [0.2, 0.25) is 0 Å². The Morgan fingerprint density at radius 3 is 2.12 bits per heavy atom. The van der Waals surface area contributed by atoms with E-state index in [1.807, 2.05) is 0 Å². The van der Waals surface area contributed by atoms with Crippen molar-refractivity contribution in [2.75, 3.05) is 0 Å². The van der Waals surface area contributed by atoms with Crippen molar-refractivity contribution in [2.24, 2.45) is 7.05 Å². The minimum absolute atomic E-state index is 0.0876. The normalized spacial score (nSPS) is 13.2. The lowest BCUT2D eigenvalue weighted by Gasteiger charge is -2.18. The van der Waals surface area contributed by atoms with Crippen LogP contribution in [0.3, 0.4) is 0 Å². The van der Waals surface area contributed by atoms with Gasteiger partial charge in [0.2, 0.25) is 0 Å². The third-order valence-electron chi connectivity index (χ3n) is 2.36. The minimum atomic E-state index is -4.49. The van der Waals surface area contributed by atoms with Crippen LogP contribution in [-0.4, -0.2) is 14.9 Å². The van der Waals surface area contributed by atoms with Crippen LogP contribution in [0.15, 0.2) is 0 Å². The maximum absolute atomic E-state index is 12.9. The van der Waals surface area contributed by atoms with Crippen molar-refractivity contribution in [3.63, 3.8) is 0 Å². The van der Waals surface area contributed by atoms with Crippen LogP contribution in [0.5, 0.6) is 0 Å². The van der Waals surface area contributed by atoms with Gasteiger partial charge < -0.3 is 5.11 Å². The van der Waals surface area contributed by atoms with Gasteiger partial charge >= 0.3 is 6.18 Å². The van der Waals surface area contributed by atoms with E-state index < -0.39 is 17.3 Å². The lowest BCUT2D eigenvalue weighted by Crippen LogP contribution is -2.22. The number of rotatable bonds is 2. The molecular weight excluding hydrogens is 221 g/mol. The van der Waals surface area contributed by atoms with Gasteiger partial charge in [-0.3, -0.25) is 4.68 Å². The lowest BCUT2D eigenvalue weighted by molar-refractivity contribution is -0.140. The number of aromatic nitrogens is 2. The molecule has 0 unspecified atom stereocenters. The predicted octanol–water partition coefficient (Wildman–Crippen LogP) is 2.23. The zero-order valence-corrected chi connectivity index (χ0v) is 9.68. The summed E-state index contributed by atoms with van der Waals surface area (Å²) in [6.45, 7) is 4.22. The standard InChI is InChI=1S/C10H15F3N2O/c1-5-6-7(10(11,12)13)8(9(2,3)16)14-15(6)4/h16H,5H2,1-4H3. The third kappa shape index (κ3) is 2.21. The van der Waals surface area contributed by atoms with Gasteiger partial charge in [0.15, 0.2) is 0 Å². The first-order chi connectivity index (χ1) is 7.09. The molecule has 0 fully saturated rings. The molecule has 0 saturated heterocycles. The van der Waals surface area contributed by atoms with Crippen molar-refractivity contribution in [1.82, 2.24) is 9.78 Å². The molecule has 1 aromatic heterocycles. The highest BCUT2D eigenvalue weighted by Crippen LogP contribution is 2.38. The van der Waals surface area contributed by atoms with E-state index in [2.05, 4.69) is 5.10 Å². The SMILES string of the molecule is CCc1c(C(F)(F)F)c(C(C)(C)O)nn1C. The molecule has 3 nitrogen and oxygen atoms in total. The molecule has 1 heterocycles. The second-order valence-electron chi connectivity index (χ2n) is 4.20. The molecule has 0 bridgehead atoms. The van der Waals surface area contributed by atoms with Crippen LogP contribution in [-0.2, 0) is 25.2 Å². The summed E-state index contributed by atoms with van der Waals surface area (Å²) in [7, 11) is 1.45. The largest absolute Gasteiger partial charge is 0.420 e. The monoisotopic (exact) mass is 236 g/mol. The second-order valence-corrected chi connectivity index (χ2v) is 4.20. The van der Waals surface area contributed by atoms with Gasteiger partial charge in [0, 0.05) is 7.05 Å². The number of hydrogen-bond donors (Lipinski definition) is 1. The van der Waals surface area contributed by atoms with Crippen molar-refractivity contribution in [3.8, 4) is 0 Å². The van der Waals surface area contributed by atoms with Crippen molar-refractivity contribution in [1.29, 1.82) is 0 Å². The number of aryl methyl sites for hydroxylation is 1. The van der Waals surface area contributed by atoms with E-state index >= 15 is 0 Å². The second kappa shape index (κ2) is 3.76. The van der Waals surface area contributed by atoms with E-state index in [1.165, 1.54) is 25.6 Å². The maximum Gasteiger partial charge on any atom is 0.420 e. The number of hydrogen-bond acceptors (Lipinski definition) is 2. The number of aliphatic hydroxyl groups is 1. The summed E-state index contributed by atoms with van der Waals surface area (Å²) >= 11 is 0. The van der Waals surface area contributed by atoms with Crippen molar-refractivity contribution in [3.05, 3.63) is 17.0 Å². The van der Waals surface area contributed by atoms with Crippen molar-refractivity contribution >= 4 is 0 Å². The Labute approximate surface area is 91.9 Å². The summed E-state index contributed by atoms with van der Waals surface area (Å²) in [4.78, 5) is 0. The Morgan fingerprint density at radius 2 is 1.81 bits per heavy atom. The fourth-order valence-corrected chi connectivity index (χ4v) is 1.69. The molecule has 6 heteroatoms. The smallest absolute Gasteiger partial charge is 0.384 e. The summed E-state index contributed by atoms with van der Waals surface area (Å²) in [6.07, 6.45) is -4.27. The Balaban J connectivity index is 3.52. The molecular formula is C10H15F3N2O. The fourth-order valence-electron chi connectivity index (χ4n) is 1.69. The highest BCUT2D eigenvalue weighted by Gasteiger charge is 2.42. The molecule has 0 amide bonds. The molecule has 92 valence electrons. The van der Waals surface area contributed by atoms with Gasteiger partial charge in [-0.1, -0.05) is 6.92 Å². The van der Waals surface area contributed by atoms with Crippen LogP contribution in [0.25, 0.3) is 0 Å². The molecule has 1 rings (SSSR count). The average Bonchev–Trinajstić information content (AvgIpc) is 2.40. The molecule has 16 heavy (non-hydrogen) atoms. The molecule has 0 spiro atoms. The summed E-state index contributed by atoms with van der Waals surface area (Å²) in [5, 5.41) is 13.5. The highest BCUT2D eigenvalue weighted by atomic mass is 19.4. The number of nitrogens with zero attached hydrogens (tertiary/aromatic N) is 2.